The van der Waals surface area contributed by atoms with Crippen molar-refractivity contribution in [1.82, 2.24) is 4.98 Å². The molecule has 0 atom stereocenters. The second kappa shape index (κ2) is 3.85. The topological polar surface area (TPSA) is 39.6 Å². The zero-order valence-electron chi connectivity index (χ0n) is 11.1. The molecule has 0 amide bonds. The molecule has 0 saturated carbocycles. The van der Waals surface area contributed by atoms with E-state index in [-0.39, 0.29) is 0 Å². The predicted octanol–water partition coefficient (Wildman–Crippen LogP) is 4.65. The molecule has 0 radical (unpaired) electrons. The van der Waals surface area contributed by atoms with Crippen molar-refractivity contribution < 1.29 is 0 Å². The number of para-hydroxylation sites is 1. The number of nitrogens with zero attached hydrogens (tertiary/aromatic N) is 1. The maximum atomic E-state index is 9.42. The number of rotatable bonds is 0. The first kappa shape index (κ1) is 11.1. The van der Waals surface area contributed by atoms with Gasteiger partial charge in [0, 0.05) is 16.3 Å². The fourth-order valence-corrected chi connectivity index (χ4v) is 3.07. The Balaban J connectivity index is 2.43. The first-order chi connectivity index (χ1) is 9.79. The summed E-state index contributed by atoms with van der Waals surface area (Å²) < 4.78 is 0. The van der Waals surface area contributed by atoms with E-state index < -0.39 is 0 Å². The molecule has 4 rings (SSSR count). The molecular weight excluding hydrogens is 244 g/mol. The van der Waals surface area contributed by atoms with Crippen LogP contribution in [0.4, 0.5) is 0 Å². The average Bonchev–Trinajstić information content (AvgIpc) is 2.86. The van der Waals surface area contributed by atoms with Crippen LogP contribution in [0, 0.1) is 18.3 Å². The maximum absolute atomic E-state index is 9.42. The first-order valence-corrected chi connectivity index (χ1v) is 6.62. The molecule has 0 bridgehead atoms. The van der Waals surface area contributed by atoms with Crippen molar-refractivity contribution in [3.05, 3.63) is 59.7 Å². The lowest BCUT2D eigenvalue weighted by Crippen LogP contribution is -1.84. The van der Waals surface area contributed by atoms with E-state index >= 15 is 0 Å². The minimum Gasteiger partial charge on any atom is -0.353 e. The Hall–Kier alpha value is -2.79. The average molecular weight is 256 g/mol. The van der Waals surface area contributed by atoms with E-state index in [0.717, 1.165) is 21.8 Å². The third kappa shape index (κ3) is 1.32. The van der Waals surface area contributed by atoms with Gasteiger partial charge in [0.2, 0.25) is 0 Å². The van der Waals surface area contributed by atoms with Gasteiger partial charge < -0.3 is 4.98 Å². The van der Waals surface area contributed by atoms with E-state index in [1.807, 2.05) is 24.3 Å². The van der Waals surface area contributed by atoms with Crippen molar-refractivity contribution >= 4 is 32.6 Å². The van der Waals surface area contributed by atoms with Gasteiger partial charge in [0.15, 0.2) is 0 Å². The van der Waals surface area contributed by atoms with Crippen LogP contribution in [-0.4, -0.2) is 4.98 Å². The molecule has 1 aromatic heterocycles. The van der Waals surface area contributed by atoms with E-state index in [9.17, 15) is 5.26 Å². The molecule has 2 heteroatoms. The Kier molecular flexibility index (Phi) is 2.13. The van der Waals surface area contributed by atoms with Crippen LogP contribution in [0.5, 0.6) is 0 Å². The molecule has 4 aromatic rings. The highest BCUT2D eigenvalue weighted by Crippen LogP contribution is 2.35. The van der Waals surface area contributed by atoms with Gasteiger partial charge >= 0.3 is 0 Å². The Bertz CT molecular complexity index is 1020. The lowest BCUT2D eigenvalue weighted by atomic mass is 9.97. The lowest BCUT2D eigenvalue weighted by Gasteiger charge is -2.05. The van der Waals surface area contributed by atoms with Crippen molar-refractivity contribution in [3.63, 3.8) is 0 Å². The Labute approximate surface area is 116 Å². The Morgan fingerprint density at radius 3 is 2.70 bits per heavy atom. The zero-order chi connectivity index (χ0) is 13.7. The van der Waals surface area contributed by atoms with Crippen molar-refractivity contribution in [2.45, 2.75) is 6.92 Å². The fourth-order valence-electron chi connectivity index (χ4n) is 3.07. The third-order valence-corrected chi connectivity index (χ3v) is 3.95. The maximum Gasteiger partial charge on any atom is 0.101 e. The summed E-state index contributed by atoms with van der Waals surface area (Å²) in [6, 6.07) is 18.7. The Morgan fingerprint density at radius 2 is 1.85 bits per heavy atom. The van der Waals surface area contributed by atoms with Crippen molar-refractivity contribution in [1.29, 1.82) is 5.26 Å². The second-order valence-corrected chi connectivity index (χ2v) is 5.13. The number of hydrogen-bond donors (Lipinski definition) is 1. The highest BCUT2D eigenvalue weighted by atomic mass is 14.7. The summed E-state index contributed by atoms with van der Waals surface area (Å²) in [6.07, 6.45) is 0. The van der Waals surface area contributed by atoms with E-state index in [1.54, 1.807) is 0 Å². The van der Waals surface area contributed by atoms with Crippen LogP contribution in [0.1, 0.15) is 11.1 Å². The largest absolute Gasteiger partial charge is 0.353 e. The van der Waals surface area contributed by atoms with Crippen LogP contribution < -0.4 is 0 Å². The quantitative estimate of drug-likeness (QED) is 0.488. The van der Waals surface area contributed by atoms with Gasteiger partial charge in [0.05, 0.1) is 11.1 Å². The van der Waals surface area contributed by atoms with Crippen LogP contribution in [0.15, 0.2) is 48.5 Å². The van der Waals surface area contributed by atoms with Gasteiger partial charge in [0.1, 0.15) is 6.07 Å². The Morgan fingerprint density at radius 1 is 1.00 bits per heavy atom. The van der Waals surface area contributed by atoms with Crippen LogP contribution >= 0.6 is 0 Å². The molecule has 0 aliphatic carbocycles. The zero-order valence-corrected chi connectivity index (χ0v) is 11.1. The van der Waals surface area contributed by atoms with Crippen LogP contribution in [0.25, 0.3) is 32.6 Å². The van der Waals surface area contributed by atoms with Gasteiger partial charge in [-0.15, -0.1) is 0 Å². The molecule has 20 heavy (non-hydrogen) atoms. The minimum absolute atomic E-state index is 0.703. The fraction of sp³-hybridized carbons (Fsp3) is 0.0556. The summed E-state index contributed by atoms with van der Waals surface area (Å²) in [6.45, 7) is 2.12. The van der Waals surface area contributed by atoms with Gasteiger partial charge in [-0.3, -0.25) is 0 Å². The number of nitriles is 1. The van der Waals surface area contributed by atoms with Gasteiger partial charge in [-0.05, 0) is 35.4 Å². The number of H-pyrrole nitrogens is 1. The van der Waals surface area contributed by atoms with E-state index in [2.05, 4.69) is 42.2 Å². The molecule has 0 unspecified atom stereocenters. The predicted molar refractivity (Wildman–Crippen MR) is 82.8 cm³/mol. The highest BCUT2D eigenvalue weighted by molar-refractivity contribution is 6.22. The van der Waals surface area contributed by atoms with Crippen molar-refractivity contribution in [2.75, 3.05) is 0 Å². The van der Waals surface area contributed by atoms with Gasteiger partial charge in [-0.2, -0.15) is 5.26 Å². The molecule has 0 fully saturated rings. The first-order valence-electron chi connectivity index (χ1n) is 6.62. The molecule has 3 aromatic carbocycles. The molecule has 2 nitrogen and oxygen atoms in total. The molecule has 0 saturated heterocycles. The van der Waals surface area contributed by atoms with Crippen LogP contribution in [0.3, 0.4) is 0 Å². The summed E-state index contributed by atoms with van der Waals surface area (Å²) in [4.78, 5) is 3.39. The van der Waals surface area contributed by atoms with E-state index in [0.29, 0.717) is 5.56 Å². The monoisotopic (exact) mass is 256 g/mol. The van der Waals surface area contributed by atoms with E-state index in [1.165, 1.54) is 16.3 Å². The summed E-state index contributed by atoms with van der Waals surface area (Å²) in [5.74, 6) is 0. The van der Waals surface area contributed by atoms with Crippen LogP contribution in [-0.2, 0) is 0 Å². The summed E-state index contributed by atoms with van der Waals surface area (Å²) >= 11 is 0. The summed E-state index contributed by atoms with van der Waals surface area (Å²) in [7, 11) is 0. The van der Waals surface area contributed by atoms with Gasteiger partial charge in [-0.1, -0.05) is 36.4 Å². The van der Waals surface area contributed by atoms with Crippen LogP contribution in [0.2, 0.25) is 0 Å². The number of aromatic nitrogens is 1. The lowest BCUT2D eigenvalue weighted by molar-refractivity contribution is 1.47. The molecule has 1 N–H and O–H groups in total. The smallest absolute Gasteiger partial charge is 0.101 e. The second-order valence-electron chi connectivity index (χ2n) is 5.13. The molecule has 1 heterocycles. The number of aromatic amines is 1. The molecule has 94 valence electrons. The van der Waals surface area contributed by atoms with Gasteiger partial charge in [-0.25, -0.2) is 0 Å². The third-order valence-electron chi connectivity index (χ3n) is 3.95. The highest BCUT2D eigenvalue weighted by Gasteiger charge is 2.13. The van der Waals surface area contributed by atoms with Crippen molar-refractivity contribution in [2.24, 2.45) is 0 Å². The molecular formula is C18H12N2. The number of hydrogen-bond acceptors (Lipinski definition) is 1. The van der Waals surface area contributed by atoms with Crippen molar-refractivity contribution in [3.8, 4) is 6.07 Å². The summed E-state index contributed by atoms with van der Waals surface area (Å²) in [5.41, 5.74) is 3.96. The minimum atomic E-state index is 0.703. The SMILES string of the molecule is Cc1cccc2cc(C#N)c3[nH]c4ccccc4c3c12. The van der Waals surface area contributed by atoms with Gasteiger partial charge in [0.25, 0.3) is 0 Å². The number of aryl methyl sites for hydroxylation is 1. The van der Waals surface area contributed by atoms with E-state index in [4.69, 9.17) is 0 Å². The summed E-state index contributed by atoms with van der Waals surface area (Å²) in [5, 5.41) is 14.1. The standard InChI is InChI=1S/C18H12N2/c1-11-5-4-6-12-9-13(10-19)18-17(16(11)12)14-7-2-3-8-15(14)20-18/h2-9,20H,1H3. The number of nitrogens with one attached hydrogen (secondary N) is 1. The molecule has 0 spiro atoms. The number of fused-ring (bicyclic) bond motifs is 5. The molecule has 0 aliphatic rings. The normalized spacial score (nSPS) is 11.2. The number of benzene rings is 3. The molecule has 0 aliphatic heterocycles.